The molecule has 0 aliphatic heterocycles. The zero-order valence-corrected chi connectivity index (χ0v) is 21.2. The first-order chi connectivity index (χ1) is 13.9. The third-order valence-corrected chi connectivity index (χ3v) is 10.6. The fraction of sp³-hybridized carbons (Fsp3) is 0.417. The lowest BCUT2D eigenvalue weighted by Gasteiger charge is -2.43. The molecule has 0 aromatic heterocycles. The van der Waals surface area contributed by atoms with Crippen LogP contribution in [0.25, 0.3) is 0 Å². The van der Waals surface area contributed by atoms with Gasteiger partial charge in [0.1, 0.15) is 6.07 Å². The normalized spacial score (nSPS) is 13.9. The van der Waals surface area contributed by atoms with E-state index in [1.807, 2.05) is 30.3 Å². The molecule has 0 saturated carbocycles. The molecule has 0 spiro atoms. The van der Waals surface area contributed by atoms with Crippen LogP contribution in [0, 0.1) is 11.3 Å². The van der Waals surface area contributed by atoms with Crippen molar-refractivity contribution in [2.24, 2.45) is 0 Å². The van der Waals surface area contributed by atoms with Gasteiger partial charge in [0, 0.05) is 10.9 Å². The number of hydrogen-bond acceptors (Lipinski definition) is 4. The zero-order chi connectivity index (χ0) is 22.6. The Morgan fingerprint density at radius 3 is 2.30 bits per heavy atom. The largest absolute Gasteiger partial charge is 0.462 e. The molecule has 0 aliphatic rings. The lowest BCUT2D eigenvalue weighted by atomic mass is 9.87. The van der Waals surface area contributed by atoms with Crippen molar-refractivity contribution in [2.45, 2.75) is 57.8 Å². The lowest BCUT2D eigenvalue weighted by Crippen LogP contribution is -2.49. The number of rotatable bonds is 7. The van der Waals surface area contributed by atoms with Gasteiger partial charge in [0.25, 0.3) is 0 Å². The molecule has 30 heavy (non-hydrogen) atoms. The summed E-state index contributed by atoms with van der Waals surface area (Å²) >= 11 is 3.46. The van der Waals surface area contributed by atoms with Gasteiger partial charge in [-0.05, 0) is 60.4 Å². The highest BCUT2D eigenvalue weighted by atomic mass is 79.9. The van der Waals surface area contributed by atoms with E-state index in [0.29, 0.717) is 24.2 Å². The Hall–Kier alpha value is -1.94. The topological polar surface area (TPSA) is 59.3 Å². The Balaban J connectivity index is 2.60. The number of nitrogens with zero attached hydrogens (tertiary/aromatic N) is 1. The molecule has 0 saturated heterocycles. The summed E-state index contributed by atoms with van der Waals surface area (Å²) in [7, 11) is -2.32. The molecule has 0 N–H and O–H groups in total. The fourth-order valence-electron chi connectivity index (χ4n) is 2.91. The van der Waals surface area contributed by atoms with Crippen LogP contribution >= 0.6 is 15.9 Å². The molecular weight excluding hydrogens is 458 g/mol. The maximum absolute atomic E-state index is 12.3. The molecule has 1 atom stereocenters. The van der Waals surface area contributed by atoms with Crippen molar-refractivity contribution < 1.29 is 14.0 Å². The van der Waals surface area contributed by atoms with E-state index in [1.54, 1.807) is 25.1 Å². The predicted molar refractivity (Wildman–Crippen MR) is 126 cm³/mol. The van der Waals surface area contributed by atoms with Gasteiger partial charge in [-0.2, -0.15) is 5.26 Å². The summed E-state index contributed by atoms with van der Waals surface area (Å²) < 4.78 is 12.9. The highest BCUT2D eigenvalue weighted by Crippen LogP contribution is 2.43. The first-order valence-electron chi connectivity index (χ1n) is 10.1. The van der Waals surface area contributed by atoms with E-state index in [1.165, 1.54) is 0 Å². The minimum absolute atomic E-state index is 0.0758. The van der Waals surface area contributed by atoms with Crippen LogP contribution in [0.5, 0.6) is 0 Å². The molecule has 1 unspecified atom stereocenters. The van der Waals surface area contributed by atoms with Crippen LogP contribution in [0.3, 0.4) is 0 Å². The molecule has 4 nitrogen and oxygen atoms in total. The van der Waals surface area contributed by atoms with E-state index >= 15 is 0 Å². The number of carbonyl (C=O) groups is 1. The summed E-state index contributed by atoms with van der Waals surface area (Å²) in [5.41, 5.74) is 0.867. The van der Waals surface area contributed by atoms with Gasteiger partial charge in [0.05, 0.1) is 12.2 Å². The van der Waals surface area contributed by atoms with Crippen molar-refractivity contribution in [2.75, 3.05) is 6.61 Å². The van der Waals surface area contributed by atoms with E-state index in [9.17, 15) is 10.1 Å². The van der Waals surface area contributed by atoms with Crippen molar-refractivity contribution in [3.8, 4) is 6.07 Å². The number of nitriles is 1. The number of hydrogen-bond donors (Lipinski definition) is 0. The molecule has 0 aliphatic carbocycles. The molecule has 2 aromatic rings. The van der Waals surface area contributed by atoms with E-state index in [2.05, 4.69) is 55.9 Å². The fourth-order valence-corrected chi connectivity index (χ4v) is 4.59. The zero-order valence-electron chi connectivity index (χ0n) is 18.6. The summed E-state index contributed by atoms with van der Waals surface area (Å²) in [6.45, 7) is 12.8. The highest BCUT2D eigenvalue weighted by molar-refractivity contribution is 9.10. The van der Waals surface area contributed by atoms with Gasteiger partial charge in [-0.1, -0.05) is 61.0 Å². The Morgan fingerprint density at radius 2 is 1.77 bits per heavy atom. The smallest absolute Gasteiger partial charge is 0.338 e. The molecular formula is C24H30BrNO3Si. The third kappa shape index (κ3) is 5.60. The van der Waals surface area contributed by atoms with Gasteiger partial charge in [-0.3, -0.25) is 0 Å². The van der Waals surface area contributed by atoms with Crippen LogP contribution in [0.1, 0.15) is 49.2 Å². The van der Waals surface area contributed by atoms with Crippen LogP contribution in [0.15, 0.2) is 53.0 Å². The molecule has 0 bridgehead atoms. The number of esters is 1. The van der Waals surface area contributed by atoms with Crippen molar-refractivity contribution in [3.63, 3.8) is 0 Å². The Kier molecular flexibility index (Phi) is 7.67. The second-order valence-corrected chi connectivity index (χ2v) is 14.5. The Bertz CT molecular complexity index is 929. The summed E-state index contributed by atoms with van der Waals surface area (Å²) in [6, 6.07) is 17.4. The molecule has 6 heteroatoms. The van der Waals surface area contributed by atoms with Crippen molar-refractivity contribution in [1.29, 1.82) is 5.26 Å². The standard InChI is InChI=1S/C24H30BrNO3Si/c1-7-28-22(27)19-9-8-10-20(15-19)24(17-26,29-30(5,6)23(2,3)4)16-18-11-13-21(25)14-12-18/h8-15H,7,16H2,1-6H3. The lowest BCUT2D eigenvalue weighted by molar-refractivity contribution is 0.0525. The monoisotopic (exact) mass is 487 g/mol. The maximum Gasteiger partial charge on any atom is 0.338 e. The summed E-state index contributed by atoms with van der Waals surface area (Å²) in [5, 5.41) is 10.4. The van der Waals surface area contributed by atoms with Crippen LogP contribution in [-0.2, 0) is 21.2 Å². The molecule has 2 aromatic carbocycles. The number of halogens is 1. The van der Waals surface area contributed by atoms with Crippen LogP contribution in [-0.4, -0.2) is 20.9 Å². The number of carbonyl (C=O) groups excluding carboxylic acids is 1. The Labute approximate surface area is 189 Å². The second kappa shape index (κ2) is 9.46. The van der Waals surface area contributed by atoms with Crippen molar-refractivity contribution >= 4 is 30.2 Å². The first-order valence-corrected chi connectivity index (χ1v) is 13.8. The summed E-state index contributed by atoms with van der Waals surface area (Å²) in [4.78, 5) is 12.3. The van der Waals surface area contributed by atoms with Crippen molar-refractivity contribution in [1.82, 2.24) is 0 Å². The maximum atomic E-state index is 12.3. The van der Waals surface area contributed by atoms with E-state index in [-0.39, 0.29) is 5.04 Å². The van der Waals surface area contributed by atoms with Gasteiger partial charge < -0.3 is 9.16 Å². The van der Waals surface area contributed by atoms with Gasteiger partial charge in [-0.15, -0.1) is 0 Å². The van der Waals surface area contributed by atoms with Crippen molar-refractivity contribution in [3.05, 3.63) is 69.7 Å². The molecule has 0 radical (unpaired) electrons. The second-order valence-electron chi connectivity index (χ2n) is 8.91. The SMILES string of the molecule is CCOC(=O)c1cccc(C(C#N)(Cc2ccc(Br)cc2)O[Si](C)(C)C(C)(C)C)c1. The van der Waals surface area contributed by atoms with Gasteiger partial charge in [0.15, 0.2) is 13.9 Å². The highest BCUT2D eigenvalue weighted by Gasteiger charge is 2.46. The summed E-state index contributed by atoms with van der Waals surface area (Å²) in [5.74, 6) is -0.401. The number of ether oxygens (including phenoxy) is 1. The minimum atomic E-state index is -2.32. The average Bonchev–Trinajstić information content (AvgIpc) is 2.68. The van der Waals surface area contributed by atoms with Gasteiger partial charge in [0.2, 0.25) is 0 Å². The quantitative estimate of drug-likeness (QED) is 0.325. The molecule has 0 fully saturated rings. The average molecular weight is 488 g/mol. The van der Waals surface area contributed by atoms with Crippen LogP contribution in [0.2, 0.25) is 18.1 Å². The first kappa shape index (κ1) is 24.3. The molecule has 2 rings (SSSR count). The molecule has 0 amide bonds. The number of benzene rings is 2. The van der Waals surface area contributed by atoms with Crippen LogP contribution < -0.4 is 0 Å². The van der Waals surface area contributed by atoms with E-state index in [0.717, 1.165) is 10.0 Å². The van der Waals surface area contributed by atoms with E-state index < -0.39 is 19.9 Å². The third-order valence-electron chi connectivity index (χ3n) is 5.62. The Morgan fingerprint density at radius 1 is 1.13 bits per heavy atom. The van der Waals surface area contributed by atoms with Gasteiger partial charge >= 0.3 is 5.97 Å². The summed E-state index contributed by atoms with van der Waals surface area (Å²) in [6.07, 6.45) is 0.384. The van der Waals surface area contributed by atoms with E-state index in [4.69, 9.17) is 9.16 Å². The van der Waals surface area contributed by atoms with Crippen LogP contribution in [0.4, 0.5) is 0 Å². The predicted octanol–water partition coefficient (Wildman–Crippen LogP) is 6.61. The minimum Gasteiger partial charge on any atom is -0.462 e. The van der Waals surface area contributed by atoms with Gasteiger partial charge in [-0.25, -0.2) is 4.79 Å². The molecule has 160 valence electrons. The molecule has 0 heterocycles.